The smallest absolute Gasteiger partial charge is 0.142 e. The minimum Gasteiger partial charge on any atom is -0.494 e. The first kappa shape index (κ1) is 12.2. The van der Waals surface area contributed by atoms with E-state index in [2.05, 4.69) is 0 Å². The number of benzene rings is 1. The van der Waals surface area contributed by atoms with Gasteiger partial charge in [-0.15, -0.1) is 0 Å². The Morgan fingerprint density at radius 2 is 2.00 bits per heavy atom. The molecule has 0 radical (unpaired) electrons. The van der Waals surface area contributed by atoms with E-state index in [1.807, 2.05) is 44.2 Å². The fourth-order valence-corrected chi connectivity index (χ4v) is 1.33. The summed E-state index contributed by atoms with van der Waals surface area (Å²) < 4.78 is 5.35. The lowest BCUT2D eigenvalue weighted by Gasteiger charge is -2.02. The molecule has 0 bridgehead atoms. The van der Waals surface area contributed by atoms with Gasteiger partial charge in [0.05, 0.1) is 6.61 Å². The van der Waals surface area contributed by atoms with Crippen LogP contribution in [0.3, 0.4) is 0 Å². The van der Waals surface area contributed by atoms with Gasteiger partial charge in [-0.3, -0.25) is 4.79 Å². The molecule has 0 atom stereocenters. The molecule has 0 saturated carbocycles. The number of ether oxygens (including phenoxy) is 1. The number of carbonyl (C=O) groups is 1. The first-order valence-electron chi connectivity index (χ1n) is 5.29. The van der Waals surface area contributed by atoms with E-state index in [0.29, 0.717) is 6.61 Å². The Bertz CT molecular complexity index is 386. The summed E-state index contributed by atoms with van der Waals surface area (Å²) >= 11 is 0. The van der Waals surface area contributed by atoms with Crippen LogP contribution in [-0.2, 0) is 4.79 Å². The van der Waals surface area contributed by atoms with E-state index in [0.717, 1.165) is 23.2 Å². The summed E-state index contributed by atoms with van der Waals surface area (Å²) in [6.45, 7) is 4.59. The molecular formula is C14H16O2. The summed E-state index contributed by atoms with van der Waals surface area (Å²) in [7, 11) is 0. The summed E-state index contributed by atoms with van der Waals surface area (Å²) in [5.74, 6) is 0.876. The van der Waals surface area contributed by atoms with Crippen LogP contribution in [0.25, 0.3) is 6.08 Å². The van der Waals surface area contributed by atoms with E-state index >= 15 is 0 Å². The largest absolute Gasteiger partial charge is 0.494 e. The maximum atomic E-state index is 10.1. The number of aldehydes is 1. The molecule has 2 heteroatoms. The predicted molar refractivity (Wildman–Crippen MR) is 66.5 cm³/mol. The van der Waals surface area contributed by atoms with Gasteiger partial charge in [-0.05, 0) is 37.6 Å². The lowest BCUT2D eigenvalue weighted by Crippen LogP contribution is -1.90. The van der Waals surface area contributed by atoms with Crippen molar-refractivity contribution in [2.45, 2.75) is 13.8 Å². The minimum absolute atomic E-state index is 0.677. The van der Waals surface area contributed by atoms with Gasteiger partial charge in [0.2, 0.25) is 0 Å². The van der Waals surface area contributed by atoms with Crippen molar-refractivity contribution in [2.24, 2.45) is 0 Å². The van der Waals surface area contributed by atoms with Crippen LogP contribution in [0.1, 0.15) is 19.4 Å². The zero-order valence-electron chi connectivity index (χ0n) is 9.64. The SMILES string of the molecule is CCOc1ccc(/C=C(C)/C=C/C=O)cc1. The van der Waals surface area contributed by atoms with Gasteiger partial charge in [0.1, 0.15) is 12.0 Å². The first-order valence-corrected chi connectivity index (χ1v) is 5.29. The number of rotatable bonds is 5. The molecule has 0 aliphatic heterocycles. The van der Waals surface area contributed by atoms with Crippen LogP contribution in [0, 0.1) is 0 Å². The topological polar surface area (TPSA) is 26.3 Å². The molecule has 0 saturated heterocycles. The molecule has 0 aliphatic rings. The van der Waals surface area contributed by atoms with E-state index in [4.69, 9.17) is 4.74 Å². The molecule has 84 valence electrons. The number of carbonyl (C=O) groups excluding carboxylic acids is 1. The summed E-state index contributed by atoms with van der Waals surface area (Å²) in [5.41, 5.74) is 2.13. The van der Waals surface area contributed by atoms with Crippen LogP contribution < -0.4 is 4.74 Å². The summed E-state index contributed by atoms with van der Waals surface area (Å²) in [6.07, 6.45) is 6.05. The number of allylic oxidation sites excluding steroid dienone is 3. The van der Waals surface area contributed by atoms with Crippen LogP contribution in [0.15, 0.2) is 42.0 Å². The van der Waals surface area contributed by atoms with Crippen LogP contribution in [0.2, 0.25) is 0 Å². The van der Waals surface area contributed by atoms with E-state index in [9.17, 15) is 4.79 Å². The lowest BCUT2D eigenvalue weighted by molar-refractivity contribution is -0.104. The Morgan fingerprint density at radius 3 is 2.56 bits per heavy atom. The van der Waals surface area contributed by atoms with Crippen LogP contribution in [-0.4, -0.2) is 12.9 Å². The van der Waals surface area contributed by atoms with Crippen molar-refractivity contribution in [3.8, 4) is 5.75 Å². The highest BCUT2D eigenvalue weighted by Gasteiger charge is 1.92. The quantitative estimate of drug-likeness (QED) is 0.429. The van der Waals surface area contributed by atoms with Gasteiger partial charge in [0.25, 0.3) is 0 Å². The van der Waals surface area contributed by atoms with Crippen LogP contribution >= 0.6 is 0 Å². The van der Waals surface area contributed by atoms with Crippen molar-refractivity contribution in [3.05, 3.63) is 47.6 Å². The number of hydrogen-bond acceptors (Lipinski definition) is 2. The highest BCUT2D eigenvalue weighted by atomic mass is 16.5. The van der Waals surface area contributed by atoms with Crippen LogP contribution in [0.5, 0.6) is 5.75 Å². The standard InChI is InChI=1S/C14H16O2/c1-3-16-14-8-6-13(7-9-14)11-12(2)5-4-10-15/h4-11H,3H2,1-2H3/b5-4+,12-11+. The van der Waals surface area contributed by atoms with E-state index in [1.54, 1.807) is 6.08 Å². The molecule has 0 spiro atoms. The Morgan fingerprint density at radius 1 is 1.31 bits per heavy atom. The van der Waals surface area contributed by atoms with E-state index in [-0.39, 0.29) is 0 Å². The average Bonchev–Trinajstić information content (AvgIpc) is 2.29. The van der Waals surface area contributed by atoms with Gasteiger partial charge < -0.3 is 4.74 Å². The predicted octanol–water partition coefficient (Wildman–Crippen LogP) is 3.24. The molecule has 16 heavy (non-hydrogen) atoms. The third-order valence-electron chi connectivity index (χ3n) is 2.02. The second kappa shape index (κ2) is 6.62. The maximum Gasteiger partial charge on any atom is 0.142 e. The molecule has 2 nitrogen and oxygen atoms in total. The Balaban J connectivity index is 2.74. The zero-order chi connectivity index (χ0) is 11.8. The van der Waals surface area contributed by atoms with Gasteiger partial charge in [0.15, 0.2) is 0 Å². The molecule has 0 amide bonds. The van der Waals surface area contributed by atoms with Crippen molar-refractivity contribution in [3.63, 3.8) is 0 Å². The van der Waals surface area contributed by atoms with Crippen LogP contribution in [0.4, 0.5) is 0 Å². The summed E-state index contributed by atoms with van der Waals surface area (Å²) in [4.78, 5) is 10.1. The third kappa shape index (κ3) is 4.13. The molecule has 0 aromatic heterocycles. The molecule has 0 heterocycles. The van der Waals surface area contributed by atoms with Crippen molar-refractivity contribution >= 4 is 12.4 Å². The van der Waals surface area contributed by atoms with E-state index in [1.165, 1.54) is 6.08 Å². The van der Waals surface area contributed by atoms with Crippen molar-refractivity contribution in [1.29, 1.82) is 0 Å². The molecule has 0 unspecified atom stereocenters. The third-order valence-corrected chi connectivity index (χ3v) is 2.02. The fraction of sp³-hybridized carbons (Fsp3) is 0.214. The maximum absolute atomic E-state index is 10.1. The Labute approximate surface area is 96.2 Å². The number of hydrogen-bond donors (Lipinski definition) is 0. The van der Waals surface area contributed by atoms with E-state index < -0.39 is 0 Å². The highest BCUT2D eigenvalue weighted by Crippen LogP contribution is 2.14. The Kier molecular flexibility index (Phi) is 5.06. The molecule has 1 aromatic rings. The molecule has 0 fully saturated rings. The average molecular weight is 216 g/mol. The summed E-state index contributed by atoms with van der Waals surface area (Å²) in [5, 5.41) is 0. The summed E-state index contributed by atoms with van der Waals surface area (Å²) in [6, 6.07) is 7.85. The van der Waals surface area contributed by atoms with Crippen molar-refractivity contribution in [2.75, 3.05) is 6.61 Å². The van der Waals surface area contributed by atoms with Gasteiger partial charge in [0, 0.05) is 0 Å². The zero-order valence-corrected chi connectivity index (χ0v) is 9.64. The molecule has 0 aliphatic carbocycles. The molecular weight excluding hydrogens is 200 g/mol. The van der Waals surface area contributed by atoms with Crippen molar-refractivity contribution < 1.29 is 9.53 Å². The van der Waals surface area contributed by atoms with Gasteiger partial charge in [-0.1, -0.05) is 29.9 Å². The second-order valence-electron chi connectivity index (χ2n) is 3.39. The Hall–Kier alpha value is -1.83. The first-order chi connectivity index (χ1) is 7.76. The second-order valence-corrected chi connectivity index (χ2v) is 3.39. The lowest BCUT2D eigenvalue weighted by atomic mass is 10.1. The highest BCUT2D eigenvalue weighted by molar-refractivity contribution is 5.67. The monoisotopic (exact) mass is 216 g/mol. The molecule has 1 rings (SSSR count). The van der Waals surface area contributed by atoms with Gasteiger partial charge in [-0.2, -0.15) is 0 Å². The van der Waals surface area contributed by atoms with Crippen molar-refractivity contribution in [1.82, 2.24) is 0 Å². The molecule has 0 N–H and O–H groups in total. The normalized spacial score (nSPS) is 11.8. The molecule has 1 aromatic carbocycles. The fourth-order valence-electron chi connectivity index (χ4n) is 1.33. The van der Waals surface area contributed by atoms with Gasteiger partial charge >= 0.3 is 0 Å². The van der Waals surface area contributed by atoms with Gasteiger partial charge in [-0.25, -0.2) is 0 Å². The minimum atomic E-state index is 0.677.